The van der Waals surface area contributed by atoms with Crippen LogP contribution >= 0.6 is 11.6 Å². The number of fused-ring (bicyclic) bond motifs is 1. The molecule has 18 heavy (non-hydrogen) atoms. The molecule has 0 radical (unpaired) electrons. The minimum Gasteiger partial charge on any atom is -0.218 e. The quantitative estimate of drug-likeness (QED) is 0.609. The maximum absolute atomic E-state index is 7.40. The van der Waals surface area contributed by atoms with Gasteiger partial charge in [0.25, 0.3) is 0 Å². The Hall–Kier alpha value is -1.93. The summed E-state index contributed by atoms with van der Waals surface area (Å²) in [6.45, 7) is -2.11. The fraction of sp³-hybridized carbons (Fsp3) is 0.0667. The minimum absolute atomic E-state index is 0.170. The molecule has 3 aromatic rings. The summed E-state index contributed by atoms with van der Waals surface area (Å²) in [5.41, 5.74) is 2.56. The van der Waals surface area contributed by atoms with Crippen molar-refractivity contribution in [2.24, 2.45) is 0 Å². The molecule has 2 nitrogen and oxygen atoms in total. The molecule has 88 valence electrons. The zero-order valence-electron chi connectivity index (χ0n) is 12.4. The van der Waals surface area contributed by atoms with Gasteiger partial charge in [-0.05, 0) is 24.5 Å². The Balaban J connectivity index is 2.16. The highest BCUT2D eigenvalue weighted by Crippen LogP contribution is 2.27. The second-order valence-electron chi connectivity index (χ2n) is 3.94. The third-order valence-electron chi connectivity index (χ3n) is 2.73. The second kappa shape index (κ2) is 4.39. The predicted octanol–water partition coefficient (Wildman–Crippen LogP) is 4.26. The van der Waals surface area contributed by atoms with Crippen molar-refractivity contribution in [3.8, 4) is 11.3 Å². The third kappa shape index (κ3) is 1.95. The molecule has 0 N–H and O–H groups in total. The molecule has 0 bridgehead atoms. The number of rotatable bonds is 1. The first kappa shape index (κ1) is 8.22. The van der Waals surface area contributed by atoms with Gasteiger partial charge in [0.2, 0.25) is 5.28 Å². The monoisotopic (exact) mass is 257 g/mol. The summed E-state index contributed by atoms with van der Waals surface area (Å²) in [6.07, 6.45) is 0. The van der Waals surface area contributed by atoms with Crippen molar-refractivity contribution in [1.82, 2.24) is 9.97 Å². The normalized spacial score (nSPS) is 13.9. The Bertz CT molecular complexity index is 798. The zero-order valence-corrected chi connectivity index (χ0v) is 10.1. The number of hydrogen-bond acceptors (Lipinski definition) is 2. The molecule has 0 fully saturated rings. The van der Waals surface area contributed by atoms with Gasteiger partial charge in [-0.2, -0.15) is 0 Å². The molecule has 0 aliphatic rings. The number of aryl methyl sites for hydroxylation is 1. The maximum Gasteiger partial charge on any atom is 0.223 e. The number of aromatic nitrogens is 2. The minimum atomic E-state index is -2.11. The average molecular weight is 258 g/mol. The van der Waals surface area contributed by atoms with Gasteiger partial charge in [-0.3, -0.25) is 0 Å². The van der Waals surface area contributed by atoms with E-state index in [4.69, 9.17) is 15.7 Å². The van der Waals surface area contributed by atoms with E-state index in [1.54, 1.807) is 24.3 Å². The van der Waals surface area contributed by atoms with Gasteiger partial charge >= 0.3 is 0 Å². The van der Waals surface area contributed by atoms with Gasteiger partial charge in [-0.25, -0.2) is 9.97 Å². The first-order chi connectivity index (χ1) is 9.95. The van der Waals surface area contributed by atoms with Crippen molar-refractivity contribution in [2.45, 2.75) is 6.85 Å². The number of hydrogen-bond donors (Lipinski definition) is 0. The molecule has 0 unspecified atom stereocenters. The molecule has 0 saturated carbocycles. The Kier molecular flexibility index (Phi) is 2.00. The first-order valence-corrected chi connectivity index (χ1v) is 5.86. The molecule has 0 atom stereocenters. The molecule has 3 rings (SSSR count). The van der Waals surface area contributed by atoms with Crippen molar-refractivity contribution in [3.63, 3.8) is 0 Å². The summed E-state index contributed by atoms with van der Waals surface area (Å²) in [4.78, 5) is 8.46. The van der Waals surface area contributed by atoms with E-state index in [2.05, 4.69) is 9.97 Å². The Morgan fingerprint density at radius 3 is 2.56 bits per heavy atom. The van der Waals surface area contributed by atoms with Gasteiger partial charge in [0, 0.05) is 15.1 Å². The summed E-state index contributed by atoms with van der Waals surface area (Å²) in [7, 11) is 0. The van der Waals surface area contributed by atoms with Gasteiger partial charge in [0.1, 0.15) is 0 Å². The molecule has 1 aromatic heterocycles. The number of halogens is 1. The highest BCUT2D eigenvalue weighted by molar-refractivity contribution is 6.28. The molecule has 0 saturated heterocycles. The van der Waals surface area contributed by atoms with Gasteiger partial charge in [-0.15, -0.1) is 0 Å². The largest absolute Gasteiger partial charge is 0.223 e. The summed E-state index contributed by atoms with van der Waals surface area (Å²) in [5.74, 6) is 0. The molecule has 0 spiro atoms. The van der Waals surface area contributed by atoms with E-state index in [-0.39, 0.29) is 5.28 Å². The third-order valence-corrected chi connectivity index (χ3v) is 2.90. The standard InChI is InChI=1S/C15H11ClN2/c1-10-6-8-11(9-7-10)14-12-4-2-3-5-13(12)17-15(16)18-14/h2-9H,1H3/i1D3. The van der Waals surface area contributed by atoms with Crippen molar-refractivity contribution in [2.75, 3.05) is 0 Å². The topological polar surface area (TPSA) is 25.8 Å². The fourth-order valence-corrected chi connectivity index (χ4v) is 2.07. The highest BCUT2D eigenvalue weighted by Gasteiger charge is 2.07. The Labute approximate surface area is 114 Å². The van der Waals surface area contributed by atoms with Crippen molar-refractivity contribution < 1.29 is 4.11 Å². The van der Waals surface area contributed by atoms with Gasteiger partial charge in [0.05, 0.1) is 11.2 Å². The van der Waals surface area contributed by atoms with E-state index in [9.17, 15) is 0 Å². The van der Waals surface area contributed by atoms with Gasteiger partial charge in [0.15, 0.2) is 0 Å². The van der Waals surface area contributed by atoms with Crippen LogP contribution in [0.25, 0.3) is 22.2 Å². The molecule has 0 amide bonds. The number of para-hydroxylation sites is 1. The van der Waals surface area contributed by atoms with E-state index < -0.39 is 6.85 Å². The van der Waals surface area contributed by atoms with Crippen molar-refractivity contribution >= 4 is 22.5 Å². The number of benzene rings is 2. The summed E-state index contributed by atoms with van der Waals surface area (Å²) >= 11 is 5.97. The van der Waals surface area contributed by atoms with Crippen molar-refractivity contribution in [1.29, 1.82) is 0 Å². The fourth-order valence-electron chi connectivity index (χ4n) is 1.90. The highest BCUT2D eigenvalue weighted by atomic mass is 35.5. The lowest BCUT2D eigenvalue weighted by atomic mass is 10.1. The van der Waals surface area contributed by atoms with Crippen LogP contribution in [0.3, 0.4) is 0 Å². The van der Waals surface area contributed by atoms with Crippen LogP contribution in [0.1, 0.15) is 9.68 Å². The predicted molar refractivity (Wildman–Crippen MR) is 74.7 cm³/mol. The van der Waals surface area contributed by atoms with Crippen LogP contribution in [0.15, 0.2) is 48.5 Å². The van der Waals surface area contributed by atoms with Crippen LogP contribution < -0.4 is 0 Å². The van der Waals surface area contributed by atoms with Crippen LogP contribution in [0.4, 0.5) is 0 Å². The lowest BCUT2D eigenvalue weighted by Gasteiger charge is -2.06. The lowest BCUT2D eigenvalue weighted by Crippen LogP contribution is -1.91. The number of nitrogens with zero attached hydrogens (tertiary/aromatic N) is 2. The van der Waals surface area contributed by atoms with Crippen LogP contribution in [0.5, 0.6) is 0 Å². The molecule has 1 heterocycles. The van der Waals surface area contributed by atoms with Crippen LogP contribution in [0, 0.1) is 6.85 Å². The smallest absolute Gasteiger partial charge is 0.218 e. The van der Waals surface area contributed by atoms with E-state index in [0.29, 0.717) is 11.3 Å². The van der Waals surface area contributed by atoms with E-state index in [0.717, 1.165) is 16.5 Å². The van der Waals surface area contributed by atoms with E-state index in [1.165, 1.54) is 0 Å². The van der Waals surface area contributed by atoms with Crippen LogP contribution in [-0.4, -0.2) is 9.97 Å². The van der Waals surface area contributed by atoms with Gasteiger partial charge < -0.3 is 0 Å². The summed E-state index contributed by atoms with van der Waals surface area (Å²) in [6, 6.07) is 14.2. The summed E-state index contributed by atoms with van der Waals surface area (Å²) in [5, 5.41) is 1.05. The average Bonchev–Trinajstić information content (AvgIpc) is 2.45. The molecular weight excluding hydrogens is 244 g/mol. The van der Waals surface area contributed by atoms with Crippen molar-refractivity contribution in [3.05, 3.63) is 59.4 Å². The summed E-state index contributed by atoms with van der Waals surface area (Å²) < 4.78 is 22.2. The molecular formula is C15H11ClN2. The SMILES string of the molecule is [2H]C([2H])([2H])c1ccc(-c2nc(Cl)nc3ccccc23)cc1. The van der Waals surface area contributed by atoms with E-state index in [1.807, 2.05) is 24.3 Å². The van der Waals surface area contributed by atoms with Crippen LogP contribution in [0.2, 0.25) is 5.28 Å². The zero-order chi connectivity index (χ0) is 15.0. The maximum atomic E-state index is 7.40. The Morgan fingerprint density at radius 2 is 1.78 bits per heavy atom. The van der Waals surface area contributed by atoms with Crippen LogP contribution in [-0.2, 0) is 0 Å². The first-order valence-electron chi connectivity index (χ1n) is 6.98. The molecule has 0 aliphatic carbocycles. The van der Waals surface area contributed by atoms with E-state index >= 15 is 0 Å². The molecule has 2 aromatic carbocycles. The second-order valence-corrected chi connectivity index (χ2v) is 4.27. The molecule has 3 heteroatoms. The molecule has 0 aliphatic heterocycles. The van der Waals surface area contributed by atoms with Gasteiger partial charge in [-0.1, -0.05) is 48.0 Å². The lowest BCUT2D eigenvalue weighted by molar-refractivity contribution is 1.22. The Morgan fingerprint density at radius 1 is 1.00 bits per heavy atom.